The van der Waals surface area contributed by atoms with E-state index in [2.05, 4.69) is 15.3 Å². The highest BCUT2D eigenvalue weighted by molar-refractivity contribution is 6.05. The molecule has 31 heavy (non-hydrogen) atoms. The van der Waals surface area contributed by atoms with E-state index in [0.717, 1.165) is 5.56 Å². The predicted octanol–water partition coefficient (Wildman–Crippen LogP) is 3.61. The number of nitrogens with one attached hydrogen (secondary N) is 1. The Morgan fingerprint density at radius 3 is 2.58 bits per heavy atom. The third-order valence-corrected chi connectivity index (χ3v) is 4.87. The minimum atomic E-state index is -0.205. The van der Waals surface area contributed by atoms with E-state index in [9.17, 15) is 9.59 Å². The van der Waals surface area contributed by atoms with E-state index in [1.807, 2.05) is 39.0 Å². The summed E-state index contributed by atoms with van der Waals surface area (Å²) in [5.41, 5.74) is 2.51. The van der Waals surface area contributed by atoms with Crippen LogP contribution in [-0.2, 0) is 6.61 Å². The zero-order chi connectivity index (χ0) is 22.0. The van der Waals surface area contributed by atoms with Crippen LogP contribution >= 0.6 is 0 Å². The molecule has 1 N–H and O–H groups in total. The molecule has 8 nitrogen and oxygen atoms in total. The smallest absolute Gasteiger partial charge is 0.274 e. The van der Waals surface area contributed by atoms with Crippen molar-refractivity contribution in [2.75, 3.05) is 5.32 Å². The van der Waals surface area contributed by atoms with Gasteiger partial charge in [-0.15, -0.1) is 0 Å². The van der Waals surface area contributed by atoms with Gasteiger partial charge in [0.1, 0.15) is 18.7 Å². The SMILES string of the molecule is Cc1ccccc1C(=O)Nc1ccc(OCc2cc(=O)n3c(ncn3C(C)C)n2)cc1. The number of hydrogen-bond acceptors (Lipinski definition) is 5. The molecule has 8 heteroatoms. The molecular formula is C23H23N5O3. The minimum absolute atomic E-state index is 0.0939. The molecule has 2 aromatic carbocycles. The monoisotopic (exact) mass is 417 g/mol. The largest absolute Gasteiger partial charge is 0.487 e. The fourth-order valence-corrected chi connectivity index (χ4v) is 3.23. The number of aromatic nitrogens is 4. The molecule has 4 aromatic rings. The molecule has 0 unspecified atom stereocenters. The second kappa shape index (κ2) is 8.43. The van der Waals surface area contributed by atoms with Crippen molar-refractivity contribution in [3.05, 3.63) is 88.1 Å². The molecule has 4 rings (SSSR count). The lowest BCUT2D eigenvalue weighted by atomic mass is 10.1. The molecule has 0 atom stereocenters. The molecular weight excluding hydrogens is 394 g/mol. The van der Waals surface area contributed by atoms with Gasteiger partial charge in [0.05, 0.1) is 5.69 Å². The van der Waals surface area contributed by atoms with E-state index in [1.165, 1.54) is 10.6 Å². The van der Waals surface area contributed by atoms with Crippen LogP contribution in [0.5, 0.6) is 5.75 Å². The summed E-state index contributed by atoms with van der Waals surface area (Å²) in [6, 6.07) is 16.0. The van der Waals surface area contributed by atoms with Crippen LogP contribution in [0.1, 0.15) is 41.5 Å². The van der Waals surface area contributed by atoms with Gasteiger partial charge in [-0.05, 0) is 56.7 Å². The van der Waals surface area contributed by atoms with Crippen LogP contribution < -0.4 is 15.6 Å². The molecule has 0 fully saturated rings. The maximum Gasteiger partial charge on any atom is 0.274 e. The first-order valence-corrected chi connectivity index (χ1v) is 9.98. The zero-order valence-corrected chi connectivity index (χ0v) is 17.6. The summed E-state index contributed by atoms with van der Waals surface area (Å²) in [6.07, 6.45) is 1.60. The van der Waals surface area contributed by atoms with Gasteiger partial charge in [-0.2, -0.15) is 9.50 Å². The fourth-order valence-electron chi connectivity index (χ4n) is 3.23. The Kier molecular flexibility index (Phi) is 5.53. The summed E-state index contributed by atoms with van der Waals surface area (Å²) in [6.45, 7) is 5.97. The Morgan fingerprint density at radius 2 is 1.87 bits per heavy atom. The number of anilines is 1. The van der Waals surface area contributed by atoms with Crippen LogP contribution in [-0.4, -0.2) is 25.1 Å². The van der Waals surface area contributed by atoms with Crippen molar-refractivity contribution in [2.24, 2.45) is 0 Å². The van der Waals surface area contributed by atoms with Crippen molar-refractivity contribution in [2.45, 2.75) is 33.4 Å². The summed E-state index contributed by atoms with van der Waals surface area (Å²) in [5, 5.41) is 2.88. The number of ether oxygens (including phenoxy) is 1. The molecule has 0 saturated carbocycles. The van der Waals surface area contributed by atoms with Gasteiger partial charge in [0, 0.05) is 23.4 Å². The maximum absolute atomic E-state index is 12.5. The van der Waals surface area contributed by atoms with Gasteiger partial charge in [-0.3, -0.25) is 14.3 Å². The highest BCUT2D eigenvalue weighted by Crippen LogP contribution is 2.18. The van der Waals surface area contributed by atoms with Crippen LogP contribution in [0.15, 0.2) is 65.7 Å². The molecule has 0 spiro atoms. The fraction of sp³-hybridized carbons (Fsp3) is 0.217. The van der Waals surface area contributed by atoms with Crippen molar-refractivity contribution in [1.29, 1.82) is 0 Å². The van der Waals surface area contributed by atoms with Gasteiger partial charge in [-0.1, -0.05) is 18.2 Å². The molecule has 0 radical (unpaired) electrons. The first-order chi connectivity index (χ1) is 14.9. The van der Waals surface area contributed by atoms with Gasteiger partial charge >= 0.3 is 0 Å². The molecule has 0 bridgehead atoms. The summed E-state index contributed by atoms with van der Waals surface area (Å²) in [4.78, 5) is 33.5. The van der Waals surface area contributed by atoms with E-state index in [-0.39, 0.29) is 24.1 Å². The van der Waals surface area contributed by atoms with Crippen molar-refractivity contribution in [3.8, 4) is 5.75 Å². The number of carbonyl (C=O) groups is 1. The van der Waals surface area contributed by atoms with Gasteiger partial charge in [0.25, 0.3) is 17.2 Å². The average Bonchev–Trinajstić information content (AvgIpc) is 3.18. The number of amides is 1. The molecule has 2 heterocycles. The van der Waals surface area contributed by atoms with Crippen molar-refractivity contribution >= 4 is 17.4 Å². The second-order valence-electron chi connectivity index (χ2n) is 7.50. The highest BCUT2D eigenvalue weighted by Gasteiger charge is 2.11. The molecule has 2 aromatic heterocycles. The van der Waals surface area contributed by atoms with E-state index in [4.69, 9.17) is 4.74 Å². The van der Waals surface area contributed by atoms with Crippen LogP contribution in [0.3, 0.4) is 0 Å². The normalized spacial score (nSPS) is 11.1. The maximum atomic E-state index is 12.5. The first-order valence-electron chi connectivity index (χ1n) is 9.98. The lowest BCUT2D eigenvalue weighted by Gasteiger charge is -2.10. The number of aryl methyl sites for hydroxylation is 1. The van der Waals surface area contributed by atoms with Gasteiger partial charge in [0.15, 0.2) is 0 Å². The molecule has 158 valence electrons. The number of nitrogens with zero attached hydrogens (tertiary/aromatic N) is 4. The topological polar surface area (TPSA) is 90.5 Å². The van der Waals surface area contributed by atoms with Crippen LogP contribution in [0.25, 0.3) is 5.78 Å². The molecule has 0 aliphatic heterocycles. The lowest BCUT2D eigenvalue weighted by Crippen LogP contribution is -2.23. The van der Waals surface area contributed by atoms with Crippen molar-refractivity contribution in [1.82, 2.24) is 19.2 Å². The van der Waals surface area contributed by atoms with Gasteiger partial charge < -0.3 is 10.1 Å². The van der Waals surface area contributed by atoms with Crippen molar-refractivity contribution in [3.63, 3.8) is 0 Å². The predicted molar refractivity (Wildman–Crippen MR) is 118 cm³/mol. The van der Waals surface area contributed by atoms with Crippen LogP contribution in [0.4, 0.5) is 5.69 Å². The Balaban J connectivity index is 1.42. The number of benzene rings is 2. The Morgan fingerprint density at radius 1 is 1.13 bits per heavy atom. The van der Waals surface area contributed by atoms with Crippen LogP contribution in [0, 0.1) is 6.92 Å². The summed E-state index contributed by atoms with van der Waals surface area (Å²) < 4.78 is 8.94. The summed E-state index contributed by atoms with van der Waals surface area (Å²) >= 11 is 0. The third-order valence-electron chi connectivity index (χ3n) is 4.87. The number of carbonyl (C=O) groups excluding carboxylic acids is 1. The molecule has 0 aliphatic carbocycles. The first kappa shape index (κ1) is 20.3. The van der Waals surface area contributed by atoms with E-state index in [1.54, 1.807) is 41.3 Å². The summed E-state index contributed by atoms with van der Waals surface area (Å²) in [5.74, 6) is 0.781. The second-order valence-corrected chi connectivity index (χ2v) is 7.50. The van der Waals surface area contributed by atoms with E-state index < -0.39 is 0 Å². The van der Waals surface area contributed by atoms with Gasteiger partial charge in [0.2, 0.25) is 0 Å². The van der Waals surface area contributed by atoms with Crippen LogP contribution in [0.2, 0.25) is 0 Å². The summed E-state index contributed by atoms with van der Waals surface area (Å²) in [7, 11) is 0. The molecule has 0 aliphatic rings. The Labute approximate surface area is 179 Å². The van der Waals surface area contributed by atoms with E-state index in [0.29, 0.717) is 28.5 Å². The zero-order valence-electron chi connectivity index (χ0n) is 17.6. The number of hydrogen-bond donors (Lipinski definition) is 1. The quantitative estimate of drug-likeness (QED) is 0.518. The van der Waals surface area contributed by atoms with Crippen molar-refractivity contribution < 1.29 is 9.53 Å². The molecule has 0 saturated heterocycles. The van der Waals surface area contributed by atoms with E-state index >= 15 is 0 Å². The Bertz CT molecular complexity index is 1290. The minimum Gasteiger partial charge on any atom is -0.487 e. The lowest BCUT2D eigenvalue weighted by molar-refractivity contribution is 0.102. The number of fused-ring (bicyclic) bond motifs is 1. The highest BCUT2D eigenvalue weighted by atomic mass is 16.5. The standard InChI is InChI=1S/C23H23N5O3/c1-15(2)27-14-24-23-26-18(12-21(29)28(23)27)13-31-19-10-8-17(9-11-19)25-22(30)20-7-5-4-6-16(20)3/h4-12,14-15H,13H2,1-3H3,(H,25,30). The molecule has 1 amide bonds. The number of rotatable bonds is 6. The van der Waals surface area contributed by atoms with Gasteiger partial charge in [-0.25, -0.2) is 4.98 Å². The average molecular weight is 417 g/mol. The Hall–Kier alpha value is -3.94. The third kappa shape index (κ3) is 4.32.